The molecule has 0 bridgehead atoms. The van der Waals surface area contributed by atoms with Crippen molar-refractivity contribution in [2.45, 2.75) is 18.9 Å². The molecule has 30 heavy (non-hydrogen) atoms. The molecule has 0 aromatic heterocycles. The molecule has 1 fully saturated rings. The van der Waals surface area contributed by atoms with E-state index in [2.05, 4.69) is 0 Å². The maximum Gasteiger partial charge on any atom is 0.255 e. The van der Waals surface area contributed by atoms with Gasteiger partial charge in [0.15, 0.2) is 11.6 Å². The van der Waals surface area contributed by atoms with Gasteiger partial charge < -0.3 is 26.8 Å². The summed E-state index contributed by atoms with van der Waals surface area (Å²) in [7, 11) is 3.34. The number of aliphatic hydroxyl groups is 2. The van der Waals surface area contributed by atoms with Crippen LogP contribution in [0.4, 0.5) is 5.69 Å². The number of Topliss-reactive ketones (excluding diaryl/α,β-unsaturated/α-hetero) is 2. The number of fused-ring (bicyclic) bond motifs is 3. The van der Waals surface area contributed by atoms with E-state index in [0.29, 0.717) is 24.1 Å². The minimum atomic E-state index is -1.26. The smallest absolute Gasteiger partial charge is 0.255 e. The number of nitrogens with zero attached hydrogens (tertiary/aromatic N) is 1. The van der Waals surface area contributed by atoms with Crippen LogP contribution in [0.3, 0.4) is 0 Å². The Labute approximate surface area is 172 Å². The van der Waals surface area contributed by atoms with Crippen LogP contribution in [0.5, 0.6) is 5.75 Å². The molecule has 4 atom stereocenters. The van der Waals surface area contributed by atoms with Crippen molar-refractivity contribution in [3.05, 3.63) is 40.2 Å². The third-order valence-electron chi connectivity index (χ3n) is 6.48. The molecule has 0 aliphatic heterocycles. The second kappa shape index (κ2) is 6.60. The number of allylic oxidation sites excluding steroid dienone is 1. The average Bonchev–Trinajstić information content (AvgIpc) is 2.63. The predicted octanol–water partition coefficient (Wildman–Crippen LogP) is 0.431. The summed E-state index contributed by atoms with van der Waals surface area (Å²) in [4.78, 5) is 39.9. The van der Waals surface area contributed by atoms with Gasteiger partial charge in [-0.15, -0.1) is 0 Å². The Morgan fingerprint density at radius 2 is 1.80 bits per heavy atom. The third-order valence-corrected chi connectivity index (χ3v) is 6.48. The van der Waals surface area contributed by atoms with E-state index in [-0.39, 0.29) is 16.9 Å². The number of nitrogens with two attached hydrogens (primary N) is 2. The van der Waals surface area contributed by atoms with Crippen molar-refractivity contribution in [3.63, 3.8) is 0 Å². The van der Waals surface area contributed by atoms with Gasteiger partial charge in [0.05, 0.1) is 17.5 Å². The molecule has 1 aromatic rings. The van der Waals surface area contributed by atoms with Gasteiger partial charge in [-0.3, -0.25) is 19.3 Å². The van der Waals surface area contributed by atoms with Gasteiger partial charge in [0.2, 0.25) is 0 Å². The van der Waals surface area contributed by atoms with E-state index in [1.807, 2.05) is 0 Å². The zero-order valence-electron chi connectivity index (χ0n) is 16.5. The van der Waals surface area contributed by atoms with Crippen molar-refractivity contribution in [1.29, 1.82) is 0 Å². The van der Waals surface area contributed by atoms with E-state index in [9.17, 15) is 29.7 Å². The van der Waals surface area contributed by atoms with Crippen molar-refractivity contribution in [1.82, 2.24) is 4.90 Å². The lowest BCUT2D eigenvalue weighted by atomic mass is 9.59. The molecule has 9 nitrogen and oxygen atoms in total. The lowest BCUT2D eigenvalue weighted by Crippen LogP contribution is -2.55. The first-order valence-corrected chi connectivity index (χ1v) is 9.57. The number of rotatable bonds is 2. The molecule has 4 rings (SSSR count). The molecule has 0 spiro atoms. The Kier molecular flexibility index (Phi) is 4.39. The Morgan fingerprint density at radius 3 is 2.40 bits per heavy atom. The van der Waals surface area contributed by atoms with Gasteiger partial charge in [0, 0.05) is 11.3 Å². The van der Waals surface area contributed by atoms with Gasteiger partial charge in [-0.1, -0.05) is 0 Å². The van der Waals surface area contributed by atoms with E-state index in [1.54, 1.807) is 19.0 Å². The number of amides is 1. The Balaban J connectivity index is 1.91. The lowest BCUT2D eigenvalue weighted by Gasteiger charge is -2.46. The van der Waals surface area contributed by atoms with Gasteiger partial charge in [0.1, 0.15) is 22.8 Å². The summed E-state index contributed by atoms with van der Waals surface area (Å²) in [6.07, 6.45) is 0.598. The maximum absolute atomic E-state index is 13.4. The zero-order chi connectivity index (χ0) is 22.1. The number of carbonyl (C=O) groups is 3. The van der Waals surface area contributed by atoms with Crippen molar-refractivity contribution in [2.24, 2.45) is 23.5 Å². The largest absolute Gasteiger partial charge is 0.510 e. The minimum absolute atomic E-state index is 0.0423. The number of phenols is 1. The summed E-state index contributed by atoms with van der Waals surface area (Å²) in [6, 6.07) is 2.10. The highest BCUT2D eigenvalue weighted by molar-refractivity contribution is 6.28. The minimum Gasteiger partial charge on any atom is -0.510 e. The highest BCUT2D eigenvalue weighted by atomic mass is 16.3. The fraction of sp³-hybridized carbons (Fsp3) is 0.381. The van der Waals surface area contributed by atoms with Crippen molar-refractivity contribution >= 4 is 28.9 Å². The Hall–Kier alpha value is -3.33. The summed E-state index contributed by atoms with van der Waals surface area (Å²) < 4.78 is 0. The van der Waals surface area contributed by atoms with Crippen LogP contribution in [-0.2, 0) is 20.8 Å². The number of primary amides is 1. The number of nitrogen functional groups attached to an aromatic ring is 1. The van der Waals surface area contributed by atoms with Crippen molar-refractivity contribution < 1.29 is 29.7 Å². The fourth-order valence-corrected chi connectivity index (χ4v) is 5.29. The van der Waals surface area contributed by atoms with Gasteiger partial charge in [-0.2, -0.15) is 0 Å². The zero-order valence-corrected chi connectivity index (χ0v) is 16.5. The molecule has 3 aliphatic carbocycles. The molecule has 3 aliphatic rings. The maximum atomic E-state index is 13.4. The molecular formula is C21H23N3O6. The highest BCUT2D eigenvalue weighted by Gasteiger charge is 2.55. The molecule has 0 radical (unpaired) electrons. The van der Waals surface area contributed by atoms with Gasteiger partial charge in [-0.05, 0) is 56.5 Å². The van der Waals surface area contributed by atoms with Crippen LogP contribution < -0.4 is 11.5 Å². The van der Waals surface area contributed by atoms with Crippen LogP contribution >= 0.6 is 0 Å². The first kappa shape index (κ1) is 20.0. The number of hydrogen-bond donors (Lipinski definition) is 5. The first-order chi connectivity index (χ1) is 14.1. The first-order valence-electron chi connectivity index (χ1n) is 9.57. The second-order valence-electron chi connectivity index (χ2n) is 8.33. The van der Waals surface area contributed by atoms with Crippen LogP contribution in [0, 0.1) is 17.8 Å². The number of benzene rings is 1. The van der Waals surface area contributed by atoms with Gasteiger partial charge >= 0.3 is 0 Å². The number of likely N-dealkylation sites (N-methyl/N-ethyl adjacent to an activating group) is 1. The summed E-state index contributed by atoms with van der Waals surface area (Å²) in [5.41, 5.74) is 11.8. The number of hydrogen-bond acceptors (Lipinski definition) is 8. The van der Waals surface area contributed by atoms with E-state index in [4.69, 9.17) is 11.5 Å². The number of anilines is 1. The standard InChI is InChI=1S/C21H23N3O6/c1-24(2)16-9-6-7-5-8-10(22)3-4-11(25)13(8)17(26)12(7)18(27)14(9)19(28)15(20(16)29)21(23)30/h3-4,7,9,14,16,25-26,29H,5-6,22H2,1-2H3,(H2,23,30)/t7?,9?,14?,16-/m0/s1. The Morgan fingerprint density at radius 1 is 1.13 bits per heavy atom. The fourth-order valence-electron chi connectivity index (χ4n) is 5.29. The summed E-state index contributed by atoms with van der Waals surface area (Å²) in [5.74, 6) is -5.92. The monoisotopic (exact) mass is 413 g/mol. The molecule has 9 heteroatoms. The molecule has 0 heterocycles. The predicted molar refractivity (Wildman–Crippen MR) is 107 cm³/mol. The van der Waals surface area contributed by atoms with Gasteiger partial charge in [0.25, 0.3) is 5.91 Å². The highest BCUT2D eigenvalue weighted by Crippen LogP contribution is 2.50. The van der Waals surface area contributed by atoms with Crippen molar-refractivity contribution in [2.75, 3.05) is 19.8 Å². The number of aromatic hydroxyl groups is 1. The van der Waals surface area contributed by atoms with Crippen LogP contribution in [0.15, 0.2) is 29.0 Å². The molecule has 1 saturated carbocycles. The number of carbonyl (C=O) groups excluding carboxylic acids is 3. The quantitative estimate of drug-likeness (QED) is 0.201. The van der Waals surface area contributed by atoms with Crippen LogP contribution in [0.25, 0.3) is 5.76 Å². The third kappa shape index (κ3) is 2.55. The van der Waals surface area contributed by atoms with E-state index in [1.165, 1.54) is 12.1 Å². The van der Waals surface area contributed by atoms with Crippen LogP contribution in [0.2, 0.25) is 0 Å². The number of ketones is 2. The topological polar surface area (TPSA) is 167 Å². The summed E-state index contributed by atoms with van der Waals surface area (Å²) in [5, 5.41) is 31.8. The molecule has 3 unspecified atom stereocenters. The van der Waals surface area contributed by atoms with E-state index < -0.39 is 58.4 Å². The molecule has 1 aromatic carbocycles. The molecule has 1 amide bonds. The molecular weight excluding hydrogens is 390 g/mol. The molecule has 158 valence electrons. The van der Waals surface area contributed by atoms with E-state index in [0.717, 1.165) is 0 Å². The lowest BCUT2D eigenvalue weighted by molar-refractivity contribution is -0.136. The van der Waals surface area contributed by atoms with Crippen molar-refractivity contribution in [3.8, 4) is 5.75 Å². The molecule has 0 saturated heterocycles. The van der Waals surface area contributed by atoms with Gasteiger partial charge in [-0.25, -0.2) is 0 Å². The van der Waals surface area contributed by atoms with E-state index >= 15 is 0 Å². The average molecular weight is 413 g/mol. The summed E-state index contributed by atoms with van der Waals surface area (Å²) in [6.45, 7) is 0. The SMILES string of the molecule is CN(C)[C@@H]1C(O)=C(C(N)=O)C(=O)C2C(=O)C3=C(O)c4c(O)ccc(N)c4CC3CC21. The van der Waals surface area contributed by atoms with Crippen LogP contribution in [0.1, 0.15) is 17.5 Å². The second-order valence-corrected chi connectivity index (χ2v) is 8.33. The number of phenolic OH excluding ortho intramolecular Hbond substituents is 1. The normalized spacial score (nSPS) is 28.4. The summed E-state index contributed by atoms with van der Waals surface area (Å²) >= 11 is 0. The van der Waals surface area contributed by atoms with Crippen LogP contribution in [-0.4, -0.2) is 57.8 Å². The number of aliphatic hydroxyl groups excluding tert-OH is 2. The Bertz CT molecular complexity index is 1070. The molecule has 7 N–H and O–H groups in total.